The Morgan fingerprint density at radius 1 is 1.16 bits per heavy atom. The maximum absolute atomic E-state index is 13.2. The molecule has 2 N–H and O–H groups in total. The Morgan fingerprint density at radius 3 is 2.53 bits per heavy atom. The Morgan fingerprint density at radius 2 is 1.94 bits per heavy atom. The maximum Gasteiger partial charge on any atom is 0.270 e. The standard InChI is InChI=1S/C23H28N6O3/c1-14-20(15(2)32-28-14)17-9-10-19(24-13-17)26-23(31)21(16-7-5-4-6-8-16)27-22(30)18-11-12-25-29(18)3/h9-13,16,21H,4-8H2,1-3H3,(H,27,30)(H,24,26,31)/t21-/m0/s1. The number of nitrogens with zero attached hydrogens (tertiary/aromatic N) is 4. The van der Waals surface area contributed by atoms with Gasteiger partial charge in [0.25, 0.3) is 5.91 Å². The van der Waals surface area contributed by atoms with Gasteiger partial charge in [0.15, 0.2) is 0 Å². The molecule has 168 valence electrons. The number of carbonyl (C=O) groups excluding carboxylic acids is 2. The van der Waals surface area contributed by atoms with Crippen LogP contribution in [0.25, 0.3) is 11.1 Å². The van der Waals surface area contributed by atoms with Gasteiger partial charge >= 0.3 is 0 Å². The number of hydrogen-bond acceptors (Lipinski definition) is 6. The van der Waals surface area contributed by atoms with Crippen LogP contribution < -0.4 is 10.6 Å². The van der Waals surface area contributed by atoms with Crippen LogP contribution in [0.1, 0.15) is 54.0 Å². The molecule has 3 aromatic heterocycles. The number of carbonyl (C=O) groups is 2. The van der Waals surface area contributed by atoms with E-state index in [0.717, 1.165) is 54.7 Å². The molecule has 0 saturated heterocycles. The molecule has 1 aliphatic rings. The minimum absolute atomic E-state index is 0.0857. The largest absolute Gasteiger partial charge is 0.361 e. The van der Waals surface area contributed by atoms with Crippen LogP contribution in [0.5, 0.6) is 0 Å². The lowest BCUT2D eigenvalue weighted by Crippen LogP contribution is -2.49. The summed E-state index contributed by atoms with van der Waals surface area (Å²) < 4.78 is 6.73. The Bertz CT molecular complexity index is 1080. The Labute approximate surface area is 186 Å². The summed E-state index contributed by atoms with van der Waals surface area (Å²) in [6.07, 6.45) is 8.33. The van der Waals surface area contributed by atoms with Gasteiger partial charge in [-0.15, -0.1) is 0 Å². The molecule has 1 atom stereocenters. The van der Waals surface area contributed by atoms with E-state index in [4.69, 9.17) is 4.52 Å². The Balaban J connectivity index is 1.50. The van der Waals surface area contributed by atoms with Gasteiger partial charge < -0.3 is 15.2 Å². The molecular weight excluding hydrogens is 408 g/mol. The molecule has 9 nitrogen and oxygen atoms in total. The SMILES string of the molecule is Cc1noc(C)c1-c1ccc(NC(=O)[C@@H](NC(=O)c2ccnn2C)C2CCCCC2)nc1. The second-order valence-corrected chi connectivity index (χ2v) is 8.31. The number of amides is 2. The van der Waals surface area contributed by atoms with Crippen molar-refractivity contribution in [3.05, 3.63) is 47.7 Å². The van der Waals surface area contributed by atoms with Crippen LogP contribution in [-0.4, -0.2) is 37.8 Å². The molecule has 3 heterocycles. The second kappa shape index (κ2) is 9.33. The molecule has 4 rings (SSSR count). The summed E-state index contributed by atoms with van der Waals surface area (Å²) in [7, 11) is 1.70. The molecule has 32 heavy (non-hydrogen) atoms. The highest BCUT2D eigenvalue weighted by Gasteiger charge is 2.32. The molecule has 0 spiro atoms. The lowest BCUT2D eigenvalue weighted by atomic mass is 9.83. The molecule has 1 fully saturated rings. The first-order valence-electron chi connectivity index (χ1n) is 10.9. The quantitative estimate of drug-likeness (QED) is 0.612. The van der Waals surface area contributed by atoms with Crippen molar-refractivity contribution in [1.29, 1.82) is 0 Å². The van der Waals surface area contributed by atoms with Gasteiger partial charge in [-0.2, -0.15) is 5.10 Å². The number of aryl methyl sites for hydroxylation is 3. The van der Waals surface area contributed by atoms with Gasteiger partial charge in [-0.3, -0.25) is 14.3 Å². The van der Waals surface area contributed by atoms with E-state index in [1.807, 2.05) is 19.9 Å². The van der Waals surface area contributed by atoms with Crippen molar-refractivity contribution in [2.75, 3.05) is 5.32 Å². The third-order valence-electron chi connectivity index (χ3n) is 6.08. The zero-order valence-electron chi connectivity index (χ0n) is 18.6. The van der Waals surface area contributed by atoms with Crippen LogP contribution in [-0.2, 0) is 11.8 Å². The van der Waals surface area contributed by atoms with Crippen LogP contribution in [0, 0.1) is 19.8 Å². The smallest absolute Gasteiger partial charge is 0.270 e. The van der Waals surface area contributed by atoms with E-state index in [1.54, 1.807) is 31.6 Å². The predicted molar refractivity (Wildman–Crippen MR) is 119 cm³/mol. The van der Waals surface area contributed by atoms with Crippen LogP contribution in [0.2, 0.25) is 0 Å². The molecule has 3 aromatic rings. The fourth-order valence-electron chi connectivity index (χ4n) is 4.39. The molecule has 0 radical (unpaired) electrons. The van der Waals surface area contributed by atoms with Crippen LogP contribution in [0.15, 0.2) is 35.1 Å². The molecule has 0 aromatic carbocycles. The lowest BCUT2D eigenvalue weighted by molar-refractivity contribution is -0.119. The molecule has 1 saturated carbocycles. The molecule has 0 bridgehead atoms. The van der Waals surface area contributed by atoms with Crippen molar-refractivity contribution >= 4 is 17.6 Å². The van der Waals surface area contributed by atoms with Crippen molar-refractivity contribution < 1.29 is 14.1 Å². The number of aromatic nitrogens is 4. The summed E-state index contributed by atoms with van der Waals surface area (Å²) in [5.74, 6) is 0.669. The third kappa shape index (κ3) is 4.56. The van der Waals surface area contributed by atoms with Gasteiger partial charge in [-0.05, 0) is 50.8 Å². The number of anilines is 1. The highest BCUT2D eigenvalue weighted by atomic mass is 16.5. The van der Waals surface area contributed by atoms with E-state index in [0.29, 0.717) is 11.5 Å². The van der Waals surface area contributed by atoms with Gasteiger partial charge in [0.1, 0.15) is 23.3 Å². The van der Waals surface area contributed by atoms with Gasteiger partial charge in [0.2, 0.25) is 5.91 Å². The lowest BCUT2D eigenvalue weighted by Gasteiger charge is -2.30. The number of nitrogens with one attached hydrogen (secondary N) is 2. The highest BCUT2D eigenvalue weighted by Crippen LogP contribution is 2.29. The van der Waals surface area contributed by atoms with Crippen molar-refractivity contribution in [3.63, 3.8) is 0 Å². The van der Waals surface area contributed by atoms with Gasteiger partial charge in [-0.1, -0.05) is 24.4 Å². The molecule has 9 heteroatoms. The summed E-state index contributed by atoms with van der Waals surface area (Å²) in [4.78, 5) is 30.4. The first-order chi connectivity index (χ1) is 15.4. The number of hydrogen-bond donors (Lipinski definition) is 2. The van der Waals surface area contributed by atoms with E-state index in [1.165, 1.54) is 4.68 Å². The highest BCUT2D eigenvalue weighted by molar-refractivity contribution is 6.00. The molecule has 1 aliphatic carbocycles. The molecule has 2 amide bonds. The molecular formula is C23H28N6O3. The minimum atomic E-state index is -0.637. The molecule has 0 aliphatic heterocycles. The number of pyridine rings is 1. The topological polar surface area (TPSA) is 115 Å². The Hall–Kier alpha value is -3.49. The van der Waals surface area contributed by atoms with E-state index in [-0.39, 0.29) is 17.7 Å². The van der Waals surface area contributed by atoms with Crippen molar-refractivity contribution in [3.8, 4) is 11.1 Å². The molecule has 0 unspecified atom stereocenters. The summed E-state index contributed by atoms with van der Waals surface area (Å²) >= 11 is 0. The Kier molecular flexibility index (Phi) is 6.34. The van der Waals surface area contributed by atoms with Gasteiger partial charge in [-0.25, -0.2) is 4.98 Å². The van der Waals surface area contributed by atoms with Crippen molar-refractivity contribution in [1.82, 2.24) is 25.2 Å². The summed E-state index contributed by atoms with van der Waals surface area (Å²) in [5, 5.41) is 13.8. The van der Waals surface area contributed by atoms with Crippen LogP contribution in [0.3, 0.4) is 0 Å². The maximum atomic E-state index is 13.2. The monoisotopic (exact) mass is 436 g/mol. The average Bonchev–Trinajstić information content (AvgIpc) is 3.37. The fourth-order valence-corrected chi connectivity index (χ4v) is 4.39. The second-order valence-electron chi connectivity index (χ2n) is 8.31. The van der Waals surface area contributed by atoms with E-state index in [2.05, 4.69) is 25.9 Å². The number of rotatable bonds is 6. The van der Waals surface area contributed by atoms with Gasteiger partial charge in [0.05, 0.1) is 5.69 Å². The van der Waals surface area contributed by atoms with Crippen molar-refractivity contribution in [2.24, 2.45) is 13.0 Å². The summed E-state index contributed by atoms with van der Waals surface area (Å²) in [6.45, 7) is 3.73. The third-order valence-corrected chi connectivity index (χ3v) is 6.08. The van der Waals surface area contributed by atoms with E-state index < -0.39 is 6.04 Å². The van der Waals surface area contributed by atoms with Crippen LogP contribution >= 0.6 is 0 Å². The van der Waals surface area contributed by atoms with Gasteiger partial charge in [0, 0.05) is 30.6 Å². The first kappa shape index (κ1) is 21.7. The zero-order chi connectivity index (χ0) is 22.7. The first-order valence-corrected chi connectivity index (χ1v) is 10.9. The van der Waals surface area contributed by atoms with E-state index in [9.17, 15) is 9.59 Å². The van der Waals surface area contributed by atoms with Crippen LogP contribution in [0.4, 0.5) is 5.82 Å². The summed E-state index contributed by atoms with van der Waals surface area (Å²) in [5.41, 5.74) is 2.98. The fraction of sp³-hybridized carbons (Fsp3) is 0.435. The summed E-state index contributed by atoms with van der Waals surface area (Å²) in [6, 6.07) is 4.63. The minimum Gasteiger partial charge on any atom is -0.361 e. The average molecular weight is 437 g/mol. The van der Waals surface area contributed by atoms with Crippen molar-refractivity contribution in [2.45, 2.75) is 52.0 Å². The normalized spacial score (nSPS) is 15.3. The van der Waals surface area contributed by atoms with E-state index >= 15 is 0 Å². The predicted octanol–water partition coefficient (Wildman–Crippen LogP) is 3.40. The zero-order valence-corrected chi connectivity index (χ0v) is 18.6.